The molecule has 0 aromatic rings. The van der Waals surface area contributed by atoms with E-state index in [1.807, 2.05) is 6.92 Å². The SMILES string of the molecule is CCCN(C(=O)C1(CN)CCC1)C1COCC1C(=O)O. The lowest BCUT2D eigenvalue weighted by molar-refractivity contribution is -0.152. The number of carbonyl (C=O) groups excluding carboxylic acids is 1. The third kappa shape index (κ3) is 2.54. The van der Waals surface area contributed by atoms with Crippen LogP contribution in [0.4, 0.5) is 0 Å². The minimum atomic E-state index is -0.892. The minimum Gasteiger partial charge on any atom is -0.481 e. The van der Waals surface area contributed by atoms with Crippen LogP contribution in [0.2, 0.25) is 0 Å². The topological polar surface area (TPSA) is 92.9 Å². The molecular formula is C14H24N2O4. The normalized spacial score (nSPS) is 27.9. The van der Waals surface area contributed by atoms with Gasteiger partial charge in [0.25, 0.3) is 0 Å². The van der Waals surface area contributed by atoms with Crippen molar-refractivity contribution in [2.45, 2.75) is 38.6 Å². The number of carboxylic acid groups (broad SMARTS) is 1. The third-order valence-electron chi connectivity index (χ3n) is 4.65. The van der Waals surface area contributed by atoms with Crippen molar-refractivity contribution in [1.82, 2.24) is 4.90 Å². The fraction of sp³-hybridized carbons (Fsp3) is 0.857. The maximum atomic E-state index is 12.8. The van der Waals surface area contributed by atoms with E-state index in [9.17, 15) is 14.7 Å². The number of amides is 1. The molecule has 2 aliphatic rings. The van der Waals surface area contributed by atoms with Crippen molar-refractivity contribution in [3.05, 3.63) is 0 Å². The highest BCUT2D eigenvalue weighted by molar-refractivity contribution is 5.85. The fourth-order valence-corrected chi connectivity index (χ4v) is 3.16. The Labute approximate surface area is 119 Å². The van der Waals surface area contributed by atoms with Gasteiger partial charge in [0.2, 0.25) is 5.91 Å². The molecule has 1 aliphatic heterocycles. The summed E-state index contributed by atoms with van der Waals surface area (Å²) in [5, 5.41) is 9.27. The highest BCUT2D eigenvalue weighted by Gasteiger charge is 2.49. The largest absolute Gasteiger partial charge is 0.481 e. The number of hydrogen-bond acceptors (Lipinski definition) is 4. The van der Waals surface area contributed by atoms with Crippen LogP contribution in [-0.2, 0) is 14.3 Å². The van der Waals surface area contributed by atoms with Gasteiger partial charge in [0.15, 0.2) is 0 Å². The molecule has 114 valence electrons. The van der Waals surface area contributed by atoms with E-state index in [2.05, 4.69) is 0 Å². The van der Waals surface area contributed by atoms with Gasteiger partial charge >= 0.3 is 5.97 Å². The fourth-order valence-electron chi connectivity index (χ4n) is 3.16. The van der Waals surface area contributed by atoms with E-state index in [4.69, 9.17) is 10.5 Å². The quantitative estimate of drug-likeness (QED) is 0.739. The Morgan fingerprint density at radius 1 is 1.40 bits per heavy atom. The summed E-state index contributed by atoms with van der Waals surface area (Å²) in [6, 6.07) is -0.357. The molecule has 2 atom stereocenters. The number of nitrogens with zero attached hydrogens (tertiary/aromatic N) is 1. The summed E-state index contributed by atoms with van der Waals surface area (Å²) in [5.41, 5.74) is 5.34. The molecule has 1 aliphatic carbocycles. The van der Waals surface area contributed by atoms with E-state index in [0.717, 1.165) is 25.7 Å². The number of ether oxygens (including phenoxy) is 1. The van der Waals surface area contributed by atoms with E-state index in [1.54, 1.807) is 4.90 Å². The highest BCUT2D eigenvalue weighted by atomic mass is 16.5. The van der Waals surface area contributed by atoms with Gasteiger partial charge in [0, 0.05) is 13.1 Å². The van der Waals surface area contributed by atoms with Crippen molar-refractivity contribution in [3.8, 4) is 0 Å². The first-order chi connectivity index (χ1) is 9.55. The van der Waals surface area contributed by atoms with Gasteiger partial charge in [-0.1, -0.05) is 13.3 Å². The van der Waals surface area contributed by atoms with Crippen molar-refractivity contribution >= 4 is 11.9 Å². The van der Waals surface area contributed by atoms with Crippen molar-refractivity contribution in [3.63, 3.8) is 0 Å². The number of carboxylic acids is 1. The zero-order chi connectivity index (χ0) is 14.8. The molecule has 6 nitrogen and oxygen atoms in total. The lowest BCUT2D eigenvalue weighted by atomic mass is 9.67. The van der Waals surface area contributed by atoms with Crippen molar-refractivity contribution in [2.75, 3.05) is 26.3 Å². The van der Waals surface area contributed by atoms with E-state index < -0.39 is 17.3 Å². The summed E-state index contributed by atoms with van der Waals surface area (Å²) >= 11 is 0. The Hall–Kier alpha value is -1.14. The predicted molar refractivity (Wildman–Crippen MR) is 73.1 cm³/mol. The van der Waals surface area contributed by atoms with Gasteiger partial charge in [-0.25, -0.2) is 0 Å². The first kappa shape index (κ1) is 15.3. The average molecular weight is 284 g/mol. The summed E-state index contributed by atoms with van der Waals surface area (Å²) < 4.78 is 5.30. The van der Waals surface area contributed by atoms with E-state index in [0.29, 0.717) is 19.7 Å². The summed E-state index contributed by atoms with van der Waals surface area (Å²) in [7, 11) is 0. The van der Waals surface area contributed by atoms with Gasteiger partial charge in [-0.3, -0.25) is 9.59 Å². The third-order valence-corrected chi connectivity index (χ3v) is 4.65. The second-order valence-corrected chi connectivity index (χ2v) is 5.89. The van der Waals surface area contributed by atoms with Gasteiger partial charge < -0.3 is 20.5 Å². The van der Waals surface area contributed by atoms with E-state index in [1.165, 1.54) is 0 Å². The number of aliphatic carboxylic acids is 1. The molecule has 0 radical (unpaired) electrons. The molecule has 2 fully saturated rings. The average Bonchev–Trinajstić information content (AvgIpc) is 2.84. The smallest absolute Gasteiger partial charge is 0.311 e. The second-order valence-electron chi connectivity index (χ2n) is 5.89. The summed E-state index contributed by atoms with van der Waals surface area (Å²) in [6.07, 6.45) is 3.45. The van der Waals surface area contributed by atoms with Crippen LogP contribution in [-0.4, -0.2) is 54.2 Å². The molecule has 0 aromatic carbocycles. The molecule has 6 heteroatoms. The number of nitrogens with two attached hydrogens (primary N) is 1. The molecule has 1 amide bonds. The monoisotopic (exact) mass is 284 g/mol. The number of hydrogen-bond donors (Lipinski definition) is 2. The molecule has 1 saturated carbocycles. The number of carbonyl (C=O) groups is 2. The van der Waals surface area contributed by atoms with Crippen molar-refractivity contribution < 1.29 is 19.4 Å². The van der Waals surface area contributed by atoms with Gasteiger partial charge in [-0.15, -0.1) is 0 Å². The van der Waals surface area contributed by atoms with Gasteiger partial charge in [0.05, 0.1) is 24.7 Å². The summed E-state index contributed by atoms with van der Waals surface area (Å²) in [6.45, 7) is 3.39. The summed E-state index contributed by atoms with van der Waals surface area (Å²) in [5.74, 6) is -1.49. The predicted octanol–water partition coefficient (Wildman–Crippen LogP) is 0.454. The van der Waals surface area contributed by atoms with Gasteiger partial charge in [-0.2, -0.15) is 0 Å². The van der Waals surface area contributed by atoms with Gasteiger partial charge in [0.1, 0.15) is 5.92 Å². The highest BCUT2D eigenvalue weighted by Crippen LogP contribution is 2.42. The molecular weight excluding hydrogens is 260 g/mol. The number of rotatable bonds is 6. The first-order valence-corrected chi connectivity index (χ1v) is 7.37. The van der Waals surface area contributed by atoms with Crippen LogP contribution in [0.25, 0.3) is 0 Å². The molecule has 2 rings (SSSR count). The minimum absolute atomic E-state index is 0.0230. The van der Waals surface area contributed by atoms with Crippen LogP contribution in [0, 0.1) is 11.3 Å². The van der Waals surface area contributed by atoms with E-state index in [-0.39, 0.29) is 18.6 Å². The molecule has 0 bridgehead atoms. The molecule has 3 N–H and O–H groups in total. The molecule has 1 heterocycles. The lowest BCUT2D eigenvalue weighted by Gasteiger charge is -2.44. The molecule has 1 saturated heterocycles. The Balaban J connectivity index is 2.17. The van der Waals surface area contributed by atoms with Crippen LogP contribution in [0.15, 0.2) is 0 Å². The van der Waals surface area contributed by atoms with Crippen LogP contribution in [0.5, 0.6) is 0 Å². The first-order valence-electron chi connectivity index (χ1n) is 7.37. The van der Waals surface area contributed by atoms with Crippen molar-refractivity contribution in [1.29, 1.82) is 0 Å². The zero-order valence-electron chi connectivity index (χ0n) is 12.0. The maximum absolute atomic E-state index is 12.8. The van der Waals surface area contributed by atoms with Crippen LogP contribution >= 0.6 is 0 Å². The van der Waals surface area contributed by atoms with E-state index >= 15 is 0 Å². The Morgan fingerprint density at radius 3 is 2.55 bits per heavy atom. The van der Waals surface area contributed by atoms with Crippen LogP contribution < -0.4 is 5.73 Å². The molecule has 20 heavy (non-hydrogen) atoms. The zero-order valence-corrected chi connectivity index (χ0v) is 12.0. The standard InChI is InChI=1S/C14H24N2O4/c1-2-6-16(11-8-20-7-10(11)12(17)18)13(19)14(9-15)4-3-5-14/h10-11H,2-9,15H2,1H3,(H,17,18). The molecule has 0 spiro atoms. The summed E-state index contributed by atoms with van der Waals surface area (Å²) in [4.78, 5) is 25.8. The second kappa shape index (κ2) is 6.10. The lowest BCUT2D eigenvalue weighted by Crippen LogP contribution is -2.57. The van der Waals surface area contributed by atoms with Crippen molar-refractivity contribution in [2.24, 2.45) is 17.1 Å². The Bertz CT molecular complexity index is 376. The van der Waals surface area contributed by atoms with Crippen LogP contribution in [0.1, 0.15) is 32.6 Å². The molecule has 2 unspecified atom stereocenters. The van der Waals surface area contributed by atoms with Crippen LogP contribution in [0.3, 0.4) is 0 Å². The Morgan fingerprint density at radius 2 is 2.10 bits per heavy atom. The van der Waals surface area contributed by atoms with Gasteiger partial charge in [-0.05, 0) is 19.3 Å². The molecule has 0 aromatic heterocycles. The Kier molecular flexibility index (Phi) is 4.65. The maximum Gasteiger partial charge on any atom is 0.311 e.